The Labute approximate surface area is 128 Å². The molecule has 0 saturated heterocycles. The lowest BCUT2D eigenvalue weighted by Gasteiger charge is -2.23. The van der Waals surface area contributed by atoms with Crippen molar-refractivity contribution in [2.75, 3.05) is 25.0 Å². The normalized spacial score (nSPS) is 16.1. The van der Waals surface area contributed by atoms with Gasteiger partial charge in [-0.1, -0.05) is 26.0 Å². The van der Waals surface area contributed by atoms with E-state index in [-0.39, 0.29) is 5.91 Å². The molecule has 1 N–H and O–H groups in total. The van der Waals surface area contributed by atoms with E-state index in [2.05, 4.69) is 36.2 Å². The third-order valence-electron chi connectivity index (χ3n) is 4.37. The number of nitrogens with one attached hydrogen (secondary N) is 1. The number of hydrogen-bond acceptors (Lipinski definition) is 2. The Hall–Kier alpha value is -1.35. The molecule has 21 heavy (non-hydrogen) atoms. The summed E-state index contributed by atoms with van der Waals surface area (Å²) >= 11 is 0. The fraction of sp³-hybridized carbons (Fsp3) is 0.611. The molecule has 116 valence electrons. The minimum atomic E-state index is -0.410. The molecule has 3 nitrogen and oxygen atoms in total. The first-order chi connectivity index (χ1) is 10.0. The van der Waals surface area contributed by atoms with Gasteiger partial charge in [0.1, 0.15) is 0 Å². The molecule has 1 amide bonds. The molecule has 0 aliphatic carbocycles. The van der Waals surface area contributed by atoms with Gasteiger partial charge in [-0.2, -0.15) is 0 Å². The molecule has 0 fully saturated rings. The Morgan fingerprint density at radius 3 is 2.38 bits per heavy atom. The van der Waals surface area contributed by atoms with Crippen LogP contribution in [0.15, 0.2) is 18.2 Å². The zero-order chi connectivity index (χ0) is 15.5. The molecule has 0 saturated carbocycles. The molecule has 0 atom stereocenters. The summed E-state index contributed by atoms with van der Waals surface area (Å²) in [5.41, 5.74) is 3.10. The maximum absolute atomic E-state index is 12.1. The maximum atomic E-state index is 12.1. The third kappa shape index (κ3) is 3.29. The van der Waals surface area contributed by atoms with E-state index in [0.717, 1.165) is 31.7 Å². The number of fused-ring (bicyclic) bond motifs is 1. The lowest BCUT2D eigenvalue weighted by atomic mass is 9.82. The van der Waals surface area contributed by atoms with Crippen LogP contribution in [0.4, 0.5) is 5.69 Å². The minimum absolute atomic E-state index is 0.115. The van der Waals surface area contributed by atoms with Crippen LogP contribution in [0.25, 0.3) is 0 Å². The molecule has 0 aromatic heterocycles. The second kappa shape index (κ2) is 6.61. The quantitative estimate of drug-likeness (QED) is 0.831. The van der Waals surface area contributed by atoms with Crippen molar-refractivity contribution in [2.45, 2.75) is 52.4 Å². The maximum Gasteiger partial charge on any atom is 0.234 e. The van der Waals surface area contributed by atoms with E-state index in [1.807, 2.05) is 19.9 Å². The molecule has 0 spiro atoms. The summed E-state index contributed by atoms with van der Waals surface area (Å²) in [5, 5.41) is 3.01. The van der Waals surface area contributed by atoms with Crippen molar-refractivity contribution in [2.24, 2.45) is 0 Å². The molecule has 1 aromatic rings. The van der Waals surface area contributed by atoms with Gasteiger partial charge in [-0.05, 0) is 63.4 Å². The first-order valence-corrected chi connectivity index (χ1v) is 8.16. The fourth-order valence-electron chi connectivity index (χ4n) is 3.29. The molecule has 1 aliphatic rings. The van der Waals surface area contributed by atoms with Gasteiger partial charge in [-0.25, -0.2) is 0 Å². The number of anilines is 1. The first-order valence-electron chi connectivity index (χ1n) is 8.16. The SMILES string of the molecule is CCCN(CCC)CCc1cccc2c1C(C)(C)C(=O)N2. The predicted molar refractivity (Wildman–Crippen MR) is 88.8 cm³/mol. The van der Waals surface area contributed by atoms with E-state index in [0.29, 0.717) is 0 Å². The van der Waals surface area contributed by atoms with Gasteiger partial charge >= 0.3 is 0 Å². The Morgan fingerprint density at radius 1 is 1.10 bits per heavy atom. The van der Waals surface area contributed by atoms with E-state index >= 15 is 0 Å². The molecule has 0 unspecified atom stereocenters. The average Bonchev–Trinajstić information content (AvgIpc) is 2.67. The van der Waals surface area contributed by atoms with Gasteiger partial charge in [0.15, 0.2) is 0 Å². The second-order valence-electron chi connectivity index (χ2n) is 6.51. The minimum Gasteiger partial charge on any atom is -0.325 e. The summed E-state index contributed by atoms with van der Waals surface area (Å²) in [7, 11) is 0. The van der Waals surface area contributed by atoms with Crippen LogP contribution in [0.3, 0.4) is 0 Å². The lowest BCUT2D eigenvalue weighted by Crippen LogP contribution is -2.30. The largest absolute Gasteiger partial charge is 0.325 e. The van der Waals surface area contributed by atoms with E-state index < -0.39 is 5.41 Å². The Kier molecular flexibility index (Phi) is 5.04. The van der Waals surface area contributed by atoms with Crippen molar-refractivity contribution in [1.29, 1.82) is 0 Å². The number of carbonyl (C=O) groups is 1. The number of rotatable bonds is 7. The van der Waals surface area contributed by atoms with E-state index in [1.54, 1.807) is 0 Å². The molecule has 0 bridgehead atoms. The monoisotopic (exact) mass is 288 g/mol. The highest BCUT2D eigenvalue weighted by molar-refractivity contribution is 6.06. The van der Waals surface area contributed by atoms with Crippen molar-refractivity contribution in [1.82, 2.24) is 4.90 Å². The van der Waals surface area contributed by atoms with Crippen LogP contribution >= 0.6 is 0 Å². The highest BCUT2D eigenvalue weighted by atomic mass is 16.2. The predicted octanol–water partition coefficient (Wildman–Crippen LogP) is 3.58. The van der Waals surface area contributed by atoms with Crippen LogP contribution < -0.4 is 5.32 Å². The molecule has 1 heterocycles. The molecular formula is C18H28N2O. The van der Waals surface area contributed by atoms with Crippen LogP contribution in [-0.2, 0) is 16.6 Å². The number of amides is 1. The Morgan fingerprint density at radius 2 is 1.76 bits per heavy atom. The number of carbonyl (C=O) groups excluding carboxylic acids is 1. The number of benzene rings is 1. The summed E-state index contributed by atoms with van der Waals surface area (Å²) in [6.07, 6.45) is 3.40. The summed E-state index contributed by atoms with van der Waals surface area (Å²) < 4.78 is 0. The second-order valence-corrected chi connectivity index (χ2v) is 6.51. The molecule has 1 aliphatic heterocycles. The van der Waals surface area contributed by atoms with Crippen molar-refractivity contribution in [3.05, 3.63) is 29.3 Å². The summed E-state index contributed by atoms with van der Waals surface area (Å²) in [6.45, 7) is 11.9. The van der Waals surface area contributed by atoms with Gasteiger partial charge < -0.3 is 10.2 Å². The third-order valence-corrected chi connectivity index (χ3v) is 4.37. The topological polar surface area (TPSA) is 32.3 Å². The first kappa shape index (κ1) is 16.0. The zero-order valence-corrected chi connectivity index (χ0v) is 13.8. The molecule has 3 heteroatoms. The van der Waals surface area contributed by atoms with Crippen molar-refractivity contribution >= 4 is 11.6 Å². The van der Waals surface area contributed by atoms with Gasteiger partial charge in [0, 0.05) is 12.2 Å². The number of nitrogens with zero attached hydrogens (tertiary/aromatic N) is 1. The van der Waals surface area contributed by atoms with Crippen molar-refractivity contribution in [3.63, 3.8) is 0 Å². The Bertz CT molecular complexity index is 502. The smallest absolute Gasteiger partial charge is 0.234 e. The highest BCUT2D eigenvalue weighted by Gasteiger charge is 2.39. The molecule has 2 rings (SSSR count). The standard InChI is InChI=1S/C18H28N2O/c1-5-11-20(12-6-2)13-10-14-8-7-9-15-16(14)18(3,4)17(21)19-15/h7-9H,5-6,10-13H2,1-4H3,(H,19,21). The van der Waals surface area contributed by atoms with Crippen molar-refractivity contribution < 1.29 is 4.79 Å². The lowest BCUT2D eigenvalue weighted by molar-refractivity contribution is -0.119. The fourth-order valence-corrected chi connectivity index (χ4v) is 3.29. The summed E-state index contributed by atoms with van der Waals surface area (Å²) in [4.78, 5) is 14.7. The highest BCUT2D eigenvalue weighted by Crippen LogP contribution is 2.39. The van der Waals surface area contributed by atoms with Crippen LogP contribution in [0.2, 0.25) is 0 Å². The Balaban J connectivity index is 2.16. The van der Waals surface area contributed by atoms with E-state index in [1.165, 1.54) is 24.0 Å². The van der Waals surface area contributed by atoms with E-state index in [9.17, 15) is 4.79 Å². The van der Waals surface area contributed by atoms with Gasteiger partial charge in [0.2, 0.25) is 5.91 Å². The van der Waals surface area contributed by atoms with Crippen LogP contribution in [0.1, 0.15) is 51.7 Å². The van der Waals surface area contributed by atoms with Crippen molar-refractivity contribution in [3.8, 4) is 0 Å². The molecule has 0 radical (unpaired) electrons. The van der Waals surface area contributed by atoms with Crippen LogP contribution in [-0.4, -0.2) is 30.4 Å². The van der Waals surface area contributed by atoms with Crippen LogP contribution in [0, 0.1) is 0 Å². The molecular weight excluding hydrogens is 260 g/mol. The van der Waals surface area contributed by atoms with Gasteiger partial charge in [0.05, 0.1) is 5.41 Å². The number of hydrogen-bond donors (Lipinski definition) is 1. The van der Waals surface area contributed by atoms with Crippen LogP contribution in [0.5, 0.6) is 0 Å². The van der Waals surface area contributed by atoms with E-state index in [4.69, 9.17) is 0 Å². The average molecular weight is 288 g/mol. The van der Waals surface area contributed by atoms with Gasteiger partial charge in [-0.15, -0.1) is 0 Å². The molecule has 1 aromatic carbocycles. The van der Waals surface area contributed by atoms with Gasteiger partial charge in [-0.3, -0.25) is 4.79 Å². The zero-order valence-electron chi connectivity index (χ0n) is 13.8. The summed E-state index contributed by atoms with van der Waals surface area (Å²) in [5.74, 6) is 0.115. The van der Waals surface area contributed by atoms with Gasteiger partial charge in [0.25, 0.3) is 0 Å². The summed E-state index contributed by atoms with van der Waals surface area (Å²) in [6, 6.07) is 6.25.